The molecule has 0 aromatic heterocycles. The second kappa shape index (κ2) is 5.92. The van der Waals surface area contributed by atoms with Gasteiger partial charge < -0.3 is 5.32 Å². The molecule has 1 unspecified atom stereocenters. The van der Waals surface area contributed by atoms with Gasteiger partial charge in [0.1, 0.15) is 0 Å². The van der Waals surface area contributed by atoms with Crippen LogP contribution in [0.25, 0.3) is 0 Å². The summed E-state index contributed by atoms with van der Waals surface area (Å²) in [5, 5.41) is 3.13. The van der Waals surface area contributed by atoms with Gasteiger partial charge in [0.25, 0.3) is 0 Å². The van der Waals surface area contributed by atoms with E-state index in [1.807, 2.05) is 17.8 Å². The normalized spacial score (nSPS) is 19.6. The van der Waals surface area contributed by atoms with E-state index in [9.17, 15) is 4.79 Å². The molecule has 90 valence electrons. The van der Waals surface area contributed by atoms with Crippen molar-refractivity contribution >= 4 is 17.7 Å². The molecule has 0 radical (unpaired) electrons. The summed E-state index contributed by atoms with van der Waals surface area (Å²) in [6, 6.07) is 10.4. The van der Waals surface area contributed by atoms with Gasteiger partial charge in [-0.15, -0.1) is 11.8 Å². The first kappa shape index (κ1) is 12.2. The van der Waals surface area contributed by atoms with Crippen LogP contribution in [-0.2, 0) is 4.79 Å². The molecule has 1 N–H and O–H groups in total. The van der Waals surface area contributed by atoms with Crippen molar-refractivity contribution < 1.29 is 4.79 Å². The molecule has 0 bridgehead atoms. The number of rotatable bonds is 3. The van der Waals surface area contributed by atoms with Gasteiger partial charge in [0, 0.05) is 22.8 Å². The van der Waals surface area contributed by atoms with Crippen LogP contribution in [0.15, 0.2) is 46.9 Å². The molecular formula is C14H17NOS. The van der Waals surface area contributed by atoms with Crippen LogP contribution in [0.1, 0.15) is 19.3 Å². The number of thioether (sulfide) groups is 1. The van der Waals surface area contributed by atoms with Crippen molar-refractivity contribution in [1.29, 1.82) is 0 Å². The van der Waals surface area contributed by atoms with E-state index in [1.165, 1.54) is 4.90 Å². The SMILES string of the molecule is CNC(=O)C1=CC(Sc2ccccc2)CCC1. The average molecular weight is 247 g/mol. The number of carbonyl (C=O) groups is 1. The zero-order valence-electron chi connectivity index (χ0n) is 9.98. The van der Waals surface area contributed by atoms with Crippen LogP contribution in [0.3, 0.4) is 0 Å². The summed E-state index contributed by atoms with van der Waals surface area (Å²) >= 11 is 1.84. The molecule has 0 saturated carbocycles. The van der Waals surface area contributed by atoms with Crippen molar-refractivity contribution in [3.63, 3.8) is 0 Å². The minimum absolute atomic E-state index is 0.0726. The Hall–Kier alpha value is -1.22. The van der Waals surface area contributed by atoms with E-state index >= 15 is 0 Å². The molecule has 1 aromatic rings. The highest BCUT2D eigenvalue weighted by molar-refractivity contribution is 8.00. The van der Waals surface area contributed by atoms with Crippen LogP contribution in [0.2, 0.25) is 0 Å². The molecule has 0 heterocycles. The lowest BCUT2D eigenvalue weighted by Crippen LogP contribution is -2.23. The minimum Gasteiger partial charge on any atom is -0.355 e. The number of amides is 1. The number of likely N-dealkylation sites (N-methyl/N-ethyl adjacent to an activating group) is 1. The van der Waals surface area contributed by atoms with Crippen molar-refractivity contribution in [2.75, 3.05) is 7.05 Å². The Morgan fingerprint density at radius 3 is 2.82 bits per heavy atom. The third-order valence-corrected chi connectivity index (χ3v) is 4.09. The first-order valence-corrected chi connectivity index (χ1v) is 6.82. The largest absolute Gasteiger partial charge is 0.355 e. The van der Waals surface area contributed by atoms with Gasteiger partial charge in [-0.3, -0.25) is 4.79 Å². The van der Waals surface area contributed by atoms with E-state index in [0.717, 1.165) is 24.8 Å². The van der Waals surface area contributed by atoms with E-state index < -0.39 is 0 Å². The Balaban J connectivity index is 2.04. The molecule has 2 nitrogen and oxygen atoms in total. The molecule has 2 rings (SSSR count). The Kier molecular flexibility index (Phi) is 4.26. The fraction of sp³-hybridized carbons (Fsp3) is 0.357. The standard InChI is InChI=1S/C14H17NOS/c1-15-14(16)11-6-5-9-13(10-11)17-12-7-3-2-4-8-12/h2-4,7-8,10,13H,5-6,9H2,1H3,(H,15,16). The molecule has 1 atom stereocenters. The lowest BCUT2D eigenvalue weighted by atomic mass is 9.99. The molecule has 0 aliphatic heterocycles. The van der Waals surface area contributed by atoms with Gasteiger partial charge in [-0.2, -0.15) is 0 Å². The number of nitrogens with one attached hydrogen (secondary N) is 1. The monoisotopic (exact) mass is 247 g/mol. The smallest absolute Gasteiger partial charge is 0.246 e. The summed E-state index contributed by atoms with van der Waals surface area (Å²) in [4.78, 5) is 12.8. The van der Waals surface area contributed by atoms with Gasteiger partial charge in [0.05, 0.1) is 0 Å². The zero-order valence-corrected chi connectivity index (χ0v) is 10.8. The maximum atomic E-state index is 11.6. The molecule has 0 fully saturated rings. The predicted molar refractivity (Wildman–Crippen MR) is 72.1 cm³/mol. The first-order chi connectivity index (χ1) is 8.29. The number of benzene rings is 1. The molecule has 1 amide bonds. The Labute approximate surface area is 106 Å². The number of carbonyl (C=O) groups excluding carboxylic acids is 1. The maximum absolute atomic E-state index is 11.6. The van der Waals surface area contributed by atoms with Crippen molar-refractivity contribution in [2.45, 2.75) is 29.4 Å². The lowest BCUT2D eigenvalue weighted by molar-refractivity contribution is -0.117. The minimum atomic E-state index is 0.0726. The highest BCUT2D eigenvalue weighted by Crippen LogP contribution is 2.32. The lowest BCUT2D eigenvalue weighted by Gasteiger charge is -2.19. The van der Waals surface area contributed by atoms with Gasteiger partial charge in [-0.1, -0.05) is 24.3 Å². The van der Waals surface area contributed by atoms with E-state index in [-0.39, 0.29) is 5.91 Å². The van der Waals surface area contributed by atoms with Crippen LogP contribution < -0.4 is 5.32 Å². The second-order valence-electron chi connectivity index (χ2n) is 4.13. The van der Waals surface area contributed by atoms with Crippen molar-refractivity contribution in [1.82, 2.24) is 5.32 Å². The van der Waals surface area contributed by atoms with Crippen molar-refractivity contribution in [2.24, 2.45) is 0 Å². The van der Waals surface area contributed by atoms with Crippen LogP contribution in [0, 0.1) is 0 Å². The fourth-order valence-corrected chi connectivity index (χ4v) is 3.18. The topological polar surface area (TPSA) is 29.1 Å². The van der Waals surface area contributed by atoms with E-state index in [0.29, 0.717) is 5.25 Å². The number of hydrogen-bond acceptors (Lipinski definition) is 2. The van der Waals surface area contributed by atoms with Crippen LogP contribution in [0.4, 0.5) is 0 Å². The Morgan fingerprint density at radius 2 is 2.12 bits per heavy atom. The van der Waals surface area contributed by atoms with Gasteiger partial charge in [-0.05, 0) is 31.4 Å². The van der Waals surface area contributed by atoms with Crippen LogP contribution in [0.5, 0.6) is 0 Å². The molecular weight excluding hydrogens is 230 g/mol. The predicted octanol–water partition coefficient (Wildman–Crippen LogP) is 3.00. The highest BCUT2D eigenvalue weighted by Gasteiger charge is 2.18. The fourth-order valence-electron chi connectivity index (χ4n) is 2.00. The summed E-state index contributed by atoms with van der Waals surface area (Å²) in [5.74, 6) is 0.0726. The molecule has 0 spiro atoms. The highest BCUT2D eigenvalue weighted by atomic mass is 32.2. The van der Waals surface area contributed by atoms with E-state index in [1.54, 1.807) is 7.05 Å². The summed E-state index contributed by atoms with van der Waals surface area (Å²) in [6.45, 7) is 0. The quantitative estimate of drug-likeness (QED) is 0.889. The molecule has 0 saturated heterocycles. The van der Waals surface area contributed by atoms with Crippen LogP contribution in [-0.4, -0.2) is 18.2 Å². The second-order valence-corrected chi connectivity index (χ2v) is 5.45. The maximum Gasteiger partial charge on any atom is 0.246 e. The molecule has 17 heavy (non-hydrogen) atoms. The third kappa shape index (κ3) is 3.37. The van der Waals surface area contributed by atoms with Crippen molar-refractivity contribution in [3.8, 4) is 0 Å². The number of hydrogen-bond donors (Lipinski definition) is 1. The average Bonchev–Trinajstić information content (AvgIpc) is 2.39. The van der Waals surface area contributed by atoms with Crippen molar-refractivity contribution in [3.05, 3.63) is 42.0 Å². The molecule has 3 heteroatoms. The zero-order chi connectivity index (χ0) is 12.1. The van der Waals surface area contributed by atoms with Gasteiger partial charge in [-0.25, -0.2) is 0 Å². The first-order valence-electron chi connectivity index (χ1n) is 5.94. The third-order valence-electron chi connectivity index (χ3n) is 2.87. The summed E-state index contributed by atoms with van der Waals surface area (Å²) in [6.07, 6.45) is 5.29. The Morgan fingerprint density at radius 1 is 1.35 bits per heavy atom. The molecule has 1 aromatic carbocycles. The summed E-state index contributed by atoms with van der Waals surface area (Å²) in [5.41, 5.74) is 0.937. The summed E-state index contributed by atoms with van der Waals surface area (Å²) in [7, 11) is 1.69. The van der Waals surface area contributed by atoms with E-state index in [2.05, 4.69) is 35.7 Å². The van der Waals surface area contributed by atoms with E-state index in [4.69, 9.17) is 0 Å². The van der Waals surface area contributed by atoms with Gasteiger partial charge in [0.15, 0.2) is 0 Å². The molecule has 1 aliphatic rings. The Bertz CT molecular complexity index is 413. The van der Waals surface area contributed by atoms with Gasteiger partial charge >= 0.3 is 0 Å². The summed E-state index contributed by atoms with van der Waals surface area (Å²) < 4.78 is 0. The van der Waals surface area contributed by atoms with Gasteiger partial charge in [0.2, 0.25) is 5.91 Å². The molecule has 1 aliphatic carbocycles. The van der Waals surface area contributed by atoms with Crippen LogP contribution >= 0.6 is 11.8 Å².